The van der Waals surface area contributed by atoms with Gasteiger partial charge in [0, 0.05) is 19.1 Å². The number of nitrogens with one attached hydrogen (secondary N) is 1. The summed E-state index contributed by atoms with van der Waals surface area (Å²) in [5.74, 6) is 0.288. The molecule has 1 saturated carbocycles. The number of hydrogen-bond acceptors (Lipinski definition) is 8. The number of carbonyl (C=O) groups is 1. The van der Waals surface area contributed by atoms with E-state index in [0.29, 0.717) is 44.2 Å². The van der Waals surface area contributed by atoms with E-state index in [0.717, 1.165) is 25.7 Å². The molecule has 0 spiro atoms. The highest BCUT2D eigenvalue weighted by molar-refractivity contribution is 5.74. The lowest BCUT2D eigenvalue weighted by molar-refractivity contribution is -0.383. The number of carbonyl (C=O) groups excluding carboxylic acids is 1. The van der Waals surface area contributed by atoms with E-state index < -0.39 is 4.92 Å². The molecule has 27 heavy (non-hydrogen) atoms. The number of nitrogens with zero attached hydrogens (tertiary/aromatic N) is 4. The number of esters is 1. The average molecular weight is 377 g/mol. The maximum atomic E-state index is 11.9. The van der Waals surface area contributed by atoms with Crippen LogP contribution in [-0.4, -0.2) is 46.6 Å². The molecule has 0 amide bonds. The molecule has 1 saturated heterocycles. The van der Waals surface area contributed by atoms with Crippen molar-refractivity contribution in [2.24, 2.45) is 5.92 Å². The SMILES string of the molecule is CCOC(=O)C1CCN(c2ncnc(NC3CCCCC3)c2[N+](=O)[O-])CC1. The fourth-order valence-corrected chi connectivity index (χ4v) is 3.90. The van der Waals surface area contributed by atoms with Crippen LogP contribution in [0.3, 0.4) is 0 Å². The zero-order valence-electron chi connectivity index (χ0n) is 15.7. The molecular weight excluding hydrogens is 350 g/mol. The molecule has 3 rings (SSSR count). The molecule has 1 aliphatic heterocycles. The molecule has 148 valence electrons. The van der Waals surface area contributed by atoms with Gasteiger partial charge in [-0.15, -0.1) is 0 Å². The third-order valence-electron chi connectivity index (χ3n) is 5.35. The van der Waals surface area contributed by atoms with Crippen LogP contribution >= 0.6 is 0 Å². The van der Waals surface area contributed by atoms with E-state index in [-0.39, 0.29) is 23.6 Å². The quantitative estimate of drug-likeness (QED) is 0.458. The Balaban J connectivity index is 1.74. The van der Waals surface area contributed by atoms with Crippen molar-refractivity contribution < 1.29 is 14.5 Å². The van der Waals surface area contributed by atoms with Gasteiger partial charge in [0.05, 0.1) is 17.4 Å². The smallest absolute Gasteiger partial charge is 0.353 e. The highest BCUT2D eigenvalue weighted by Crippen LogP contribution is 2.35. The minimum Gasteiger partial charge on any atom is -0.466 e. The van der Waals surface area contributed by atoms with Crippen molar-refractivity contribution >= 4 is 23.3 Å². The number of ether oxygens (including phenoxy) is 1. The summed E-state index contributed by atoms with van der Waals surface area (Å²) >= 11 is 0. The molecule has 0 aromatic carbocycles. The van der Waals surface area contributed by atoms with Crippen LogP contribution in [0.2, 0.25) is 0 Å². The minimum atomic E-state index is -0.405. The lowest BCUT2D eigenvalue weighted by Crippen LogP contribution is -2.38. The summed E-state index contributed by atoms with van der Waals surface area (Å²) in [6, 6.07) is 0.217. The van der Waals surface area contributed by atoms with Crippen molar-refractivity contribution in [3.8, 4) is 0 Å². The molecular formula is C18H27N5O4. The molecule has 0 atom stereocenters. The molecule has 0 radical (unpaired) electrons. The van der Waals surface area contributed by atoms with Gasteiger partial charge in [-0.2, -0.15) is 0 Å². The first kappa shape index (κ1) is 19.3. The van der Waals surface area contributed by atoms with Crippen molar-refractivity contribution in [2.75, 3.05) is 29.9 Å². The monoisotopic (exact) mass is 377 g/mol. The van der Waals surface area contributed by atoms with Crippen LogP contribution in [-0.2, 0) is 9.53 Å². The number of anilines is 2. The van der Waals surface area contributed by atoms with E-state index in [2.05, 4.69) is 15.3 Å². The van der Waals surface area contributed by atoms with E-state index in [1.54, 1.807) is 6.92 Å². The molecule has 1 aliphatic carbocycles. The van der Waals surface area contributed by atoms with Gasteiger partial charge >= 0.3 is 11.7 Å². The third kappa shape index (κ3) is 4.64. The molecule has 0 bridgehead atoms. The molecule has 1 aromatic heterocycles. The second-order valence-corrected chi connectivity index (χ2v) is 7.14. The topological polar surface area (TPSA) is 110 Å². The molecule has 2 fully saturated rings. The van der Waals surface area contributed by atoms with Gasteiger partial charge in [-0.25, -0.2) is 9.97 Å². The van der Waals surface area contributed by atoms with Gasteiger partial charge in [0.1, 0.15) is 6.33 Å². The van der Waals surface area contributed by atoms with Gasteiger partial charge in [-0.05, 0) is 32.6 Å². The Morgan fingerprint density at radius 2 is 1.96 bits per heavy atom. The Bertz CT molecular complexity index is 670. The highest BCUT2D eigenvalue weighted by Gasteiger charge is 2.32. The average Bonchev–Trinajstić information content (AvgIpc) is 2.69. The highest BCUT2D eigenvalue weighted by atomic mass is 16.6. The Morgan fingerprint density at radius 1 is 1.26 bits per heavy atom. The molecule has 2 aliphatic rings. The third-order valence-corrected chi connectivity index (χ3v) is 5.35. The van der Waals surface area contributed by atoms with Gasteiger partial charge in [0.2, 0.25) is 11.6 Å². The van der Waals surface area contributed by atoms with Gasteiger partial charge in [-0.3, -0.25) is 14.9 Å². The number of aromatic nitrogens is 2. The number of rotatable bonds is 6. The predicted octanol–water partition coefficient (Wildman–Crippen LogP) is 2.91. The Hall–Kier alpha value is -2.45. The molecule has 1 aromatic rings. The molecule has 9 heteroatoms. The first-order valence-corrected chi connectivity index (χ1v) is 9.77. The first-order valence-electron chi connectivity index (χ1n) is 9.77. The number of hydrogen-bond donors (Lipinski definition) is 1. The van der Waals surface area contributed by atoms with Crippen LogP contribution in [0, 0.1) is 16.0 Å². The van der Waals surface area contributed by atoms with Gasteiger partial charge in [0.25, 0.3) is 0 Å². The Morgan fingerprint density at radius 3 is 2.59 bits per heavy atom. The summed E-state index contributed by atoms with van der Waals surface area (Å²) in [4.78, 5) is 33.5. The van der Waals surface area contributed by atoms with Crippen molar-refractivity contribution in [1.82, 2.24) is 9.97 Å². The summed E-state index contributed by atoms with van der Waals surface area (Å²) in [7, 11) is 0. The maximum Gasteiger partial charge on any atom is 0.353 e. The molecule has 1 N–H and O–H groups in total. The summed E-state index contributed by atoms with van der Waals surface area (Å²) in [5, 5.41) is 15.0. The van der Waals surface area contributed by atoms with Crippen LogP contribution < -0.4 is 10.2 Å². The molecule has 9 nitrogen and oxygen atoms in total. The molecule has 0 unspecified atom stereocenters. The van der Waals surface area contributed by atoms with Crippen molar-refractivity contribution in [2.45, 2.75) is 57.9 Å². The summed E-state index contributed by atoms with van der Waals surface area (Å²) in [5.41, 5.74) is -0.0716. The second kappa shape index (κ2) is 8.96. The summed E-state index contributed by atoms with van der Waals surface area (Å²) in [6.07, 6.45) is 8.06. The largest absolute Gasteiger partial charge is 0.466 e. The van der Waals surface area contributed by atoms with Crippen molar-refractivity contribution in [3.05, 3.63) is 16.4 Å². The van der Waals surface area contributed by atoms with Crippen LogP contribution in [0.4, 0.5) is 17.3 Å². The molecule has 2 heterocycles. The second-order valence-electron chi connectivity index (χ2n) is 7.14. The maximum absolute atomic E-state index is 11.9. The first-order chi connectivity index (χ1) is 13.1. The van der Waals surface area contributed by atoms with E-state index in [1.807, 2.05) is 4.90 Å². The van der Waals surface area contributed by atoms with Crippen molar-refractivity contribution in [1.29, 1.82) is 0 Å². The lowest BCUT2D eigenvalue weighted by atomic mass is 9.95. The fourth-order valence-electron chi connectivity index (χ4n) is 3.90. The van der Waals surface area contributed by atoms with E-state index in [1.165, 1.54) is 12.7 Å². The van der Waals surface area contributed by atoms with Crippen LogP contribution in [0.5, 0.6) is 0 Å². The zero-order valence-corrected chi connectivity index (χ0v) is 15.7. The zero-order chi connectivity index (χ0) is 19.2. The van der Waals surface area contributed by atoms with Crippen LogP contribution in [0.15, 0.2) is 6.33 Å². The van der Waals surface area contributed by atoms with Gasteiger partial charge in [-0.1, -0.05) is 19.3 Å². The lowest BCUT2D eigenvalue weighted by Gasteiger charge is -2.31. The van der Waals surface area contributed by atoms with E-state index in [9.17, 15) is 14.9 Å². The standard InChI is InChI=1S/C18H27N5O4/c1-2-27-18(24)13-8-10-22(11-9-13)17-15(23(25)26)16(19-12-20-17)21-14-6-4-3-5-7-14/h12-14H,2-11H2,1H3,(H,19,20,21). The van der Waals surface area contributed by atoms with E-state index in [4.69, 9.17) is 4.74 Å². The van der Waals surface area contributed by atoms with Gasteiger partial charge < -0.3 is 15.0 Å². The predicted molar refractivity (Wildman–Crippen MR) is 101 cm³/mol. The number of nitro groups is 1. The number of piperidine rings is 1. The normalized spacial score (nSPS) is 18.9. The Kier molecular flexibility index (Phi) is 6.41. The minimum absolute atomic E-state index is 0.0716. The summed E-state index contributed by atoms with van der Waals surface area (Å²) in [6.45, 7) is 3.22. The van der Waals surface area contributed by atoms with Crippen LogP contribution in [0.25, 0.3) is 0 Å². The Labute approximate surface area is 158 Å². The van der Waals surface area contributed by atoms with Crippen molar-refractivity contribution in [3.63, 3.8) is 0 Å². The van der Waals surface area contributed by atoms with Crippen LogP contribution in [0.1, 0.15) is 51.9 Å². The summed E-state index contributed by atoms with van der Waals surface area (Å²) < 4.78 is 5.09. The van der Waals surface area contributed by atoms with Gasteiger partial charge in [0.15, 0.2) is 0 Å². The van der Waals surface area contributed by atoms with E-state index >= 15 is 0 Å². The fraction of sp³-hybridized carbons (Fsp3) is 0.722.